The van der Waals surface area contributed by atoms with Gasteiger partial charge in [-0.25, -0.2) is 0 Å². The highest BCUT2D eigenvalue weighted by Crippen LogP contribution is 2.16. The van der Waals surface area contributed by atoms with Gasteiger partial charge in [0, 0.05) is 6.07 Å². The van der Waals surface area contributed by atoms with E-state index in [0.717, 1.165) is 5.75 Å². The van der Waals surface area contributed by atoms with Gasteiger partial charge in [0.15, 0.2) is 0 Å². The summed E-state index contributed by atoms with van der Waals surface area (Å²) in [6.45, 7) is 4.44. The van der Waals surface area contributed by atoms with Gasteiger partial charge in [-0.15, -0.1) is 0 Å². The minimum atomic E-state index is -0.104. The van der Waals surface area contributed by atoms with Crippen LogP contribution in [0, 0.1) is 13.8 Å². The van der Waals surface area contributed by atoms with Crippen molar-refractivity contribution in [3.05, 3.63) is 41.6 Å². The summed E-state index contributed by atoms with van der Waals surface area (Å²) in [6.07, 6.45) is 1.88. The van der Waals surface area contributed by atoms with Crippen LogP contribution in [0.3, 0.4) is 0 Å². The molecule has 0 saturated heterocycles. The first-order valence-corrected chi connectivity index (χ1v) is 6.14. The molecule has 0 radical (unpaired) electrons. The number of aromatic amines is 1. The zero-order valence-corrected chi connectivity index (χ0v) is 11.1. The molecule has 2 rings (SSSR count). The number of aromatic nitrogens is 2. The zero-order chi connectivity index (χ0) is 13.7. The molecule has 1 heterocycles. The topological polar surface area (TPSA) is 67.0 Å². The number of carbonyl (C=O) groups excluding carboxylic acids is 1. The van der Waals surface area contributed by atoms with Crippen molar-refractivity contribution in [1.82, 2.24) is 10.2 Å². The molecule has 0 saturated carbocycles. The molecular weight excluding hydrogens is 242 g/mol. The summed E-state index contributed by atoms with van der Waals surface area (Å²) in [6, 6.07) is 7.59. The normalized spacial score (nSPS) is 10.2. The van der Waals surface area contributed by atoms with Gasteiger partial charge in [-0.2, -0.15) is 5.10 Å². The molecule has 0 unspecified atom stereocenters. The molecular formula is C14H17N3O2. The molecule has 100 valence electrons. The number of rotatable bonds is 5. The van der Waals surface area contributed by atoms with Crippen molar-refractivity contribution < 1.29 is 9.53 Å². The molecule has 1 aromatic heterocycles. The summed E-state index contributed by atoms with van der Waals surface area (Å²) in [5.41, 5.74) is 2.41. The zero-order valence-electron chi connectivity index (χ0n) is 11.1. The maximum Gasteiger partial charge on any atom is 0.228 e. The van der Waals surface area contributed by atoms with Gasteiger partial charge >= 0.3 is 0 Å². The Labute approximate surface area is 112 Å². The quantitative estimate of drug-likeness (QED) is 0.866. The number of amides is 1. The van der Waals surface area contributed by atoms with Crippen LogP contribution in [-0.4, -0.2) is 22.7 Å². The highest BCUT2D eigenvalue weighted by Gasteiger charge is 2.04. The number of H-pyrrole nitrogens is 1. The Morgan fingerprint density at radius 1 is 1.32 bits per heavy atom. The lowest BCUT2D eigenvalue weighted by Gasteiger charge is -2.08. The fourth-order valence-corrected chi connectivity index (χ4v) is 1.60. The van der Waals surface area contributed by atoms with Crippen LogP contribution in [0.4, 0.5) is 5.82 Å². The molecule has 1 amide bonds. The number of carbonyl (C=O) groups is 1. The fraction of sp³-hybridized carbons (Fsp3) is 0.286. The van der Waals surface area contributed by atoms with Crippen molar-refractivity contribution in [3.63, 3.8) is 0 Å². The van der Waals surface area contributed by atoms with Crippen LogP contribution in [0.15, 0.2) is 30.5 Å². The van der Waals surface area contributed by atoms with Gasteiger partial charge in [0.05, 0.1) is 19.2 Å². The van der Waals surface area contributed by atoms with Crippen LogP contribution in [0.25, 0.3) is 0 Å². The molecule has 2 aromatic rings. The van der Waals surface area contributed by atoms with Gasteiger partial charge in [0.2, 0.25) is 5.91 Å². The van der Waals surface area contributed by atoms with Crippen molar-refractivity contribution >= 4 is 11.7 Å². The summed E-state index contributed by atoms with van der Waals surface area (Å²) in [4.78, 5) is 11.6. The van der Waals surface area contributed by atoms with E-state index in [1.54, 1.807) is 12.3 Å². The van der Waals surface area contributed by atoms with E-state index in [1.807, 2.05) is 25.1 Å². The van der Waals surface area contributed by atoms with Crippen molar-refractivity contribution in [2.45, 2.75) is 20.3 Å². The molecule has 2 N–H and O–H groups in total. The van der Waals surface area contributed by atoms with Crippen LogP contribution in [0.2, 0.25) is 0 Å². The fourth-order valence-electron chi connectivity index (χ4n) is 1.60. The summed E-state index contributed by atoms with van der Waals surface area (Å²) in [5, 5.41) is 9.11. The number of benzene rings is 1. The van der Waals surface area contributed by atoms with Gasteiger partial charge in [-0.1, -0.05) is 6.07 Å². The van der Waals surface area contributed by atoms with Crippen molar-refractivity contribution in [3.8, 4) is 5.75 Å². The number of hydrogen-bond acceptors (Lipinski definition) is 3. The Hall–Kier alpha value is -2.30. The first kappa shape index (κ1) is 13.1. The molecule has 19 heavy (non-hydrogen) atoms. The Kier molecular flexibility index (Phi) is 4.18. The van der Waals surface area contributed by atoms with E-state index in [2.05, 4.69) is 22.4 Å². The second kappa shape index (κ2) is 6.04. The van der Waals surface area contributed by atoms with Crippen molar-refractivity contribution in [1.29, 1.82) is 0 Å². The van der Waals surface area contributed by atoms with Crippen LogP contribution in [0.5, 0.6) is 5.75 Å². The highest BCUT2D eigenvalue weighted by molar-refractivity contribution is 5.89. The smallest absolute Gasteiger partial charge is 0.228 e. The summed E-state index contributed by atoms with van der Waals surface area (Å²) in [5.74, 6) is 1.28. The minimum absolute atomic E-state index is 0.104. The van der Waals surface area contributed by atoms with E-state index in [9.17, 15) is 4.79 Å². The van der Waals surface area contributed by atoms with Gasteiger partial charge in [-0.05, 0) is 37.1 Å². The maximum atomic E-state index is 11.6. The standard InChI is InChI=1S/C14H17N3O2/c1-10-3-4-12(9-11(10)2)19-8-6-14(18)16-13-5-7-15-17-13/h3-5,7,9H,6,8H2,1-2H3,(H2,15,16,17,18). The predicted molar refractivity (Wildman–Crippen MR) is 73.2 cm³/mol. The Morgan fingerprint density at radius 3 is 2.84 bits per heavy atom. The van der Waals surface area contributed by atoms with E-state index >= 15 is 0 Å². The average Bonchev–Trinajstić information content (AvgIpc) is 2.86. The van der Waals surface area contributed by atoms with Crippen LogP contribution in [-0.2, 0) is 4.79 Å². The molecule has 0 aliphatic rings. The molecule has 0 spiro atoms. The first-order chi connectivity index (χ1) is 9.15. The summed E-state index contributed by atoms with van der Waals surface area (Å²) in [7, 11) is 0. The van der Waals surface area contributed by atoms with Crippen LogP contribution >= 0.6 is 0 Å². The lowest BCUT2D eigenvalue weighted by Crippen LogP contribution is -2.15. The molecule has 0 bridgehead atoms. The van der Waals surface area contributed by atoms with Gasteiger partial charge < -0.3 is 10.1 Å². The molecule has 0 atom stereocenters. The van der Waals surface area contributed by atoms with Gasteiger partial charge in [0.1, 0.15) is 11.6 Å². The Morgan fingerprint density at radius 2 is 2.16 bits per heavy atom. The van der Waals surface area contributed by atoms with E-state index in [-0.39, 0.29) is 5.91 Å². The van der Waals surface area contributed by atoms with E-state index in [4.69, 9.17) is 4.74 Å². The second-order valence-corrected chi connectivity index (χ2v) is 4.36. The molecule has 5 heteroatoms. The lowest BCUT2D eigenvalue weighted by atomic mass is 10.1. The number of nitrogens with one attached hydrogen (secondary N) is 2. The largest absolute Gasteiger partial charge is 0.493 e. The monoisotopic (exact) mass is 259 g/mol. The minimum Gasteiger partial charge on any atom is -0.493 e. The van der Waals surface area contributed by atoms with Crippen molar-refractivity contribution in [2.75, 3.05) is 11.9 Å². The van der Waals surface area contributed by atoms with E-state index in [0.29, 0.717) is 18.8 Å². The number of aryl methyl sites for hydroxylation is 2. The number of nitrogens with zero attached hydrogens (tertiary/aromatic N) is 1. The highest BCUT2D eigenvalue weighted by atomic mass is 16.5. The molecule has 0 aliphatic heterocycles. The maximum absolute atomic E-state index is 11.6. The SMILES string of the molecule is Cc1ccc(OCCC(=O)Nc2ccn[nH]2)cc1C. The van der Waals surface area contributed by atoms with Crippen molar-refractivity contribution in [2.24, 2.45) is 0 Å². The average molecular weight is 259 g/mol. The second-order valence-electron chi connectivity index (χ2n) is 4.36. The van der Waals surface area contributed by atoms with E-state index in [1.165, 1.54) is 11.1 Å². The van der Waals surface area contributed by atoms with Crippen LogP contribution in [0.1, 0.15) is 17.5 Å². The molecule has 0 fully saturated rings. The summed E-state index contributed by atoms with van der Waals surface area (Å²) < 4.78 is 5.55. The van der Waals surface area contributed by atoms with Gasteiger partial charge in [-0.3, -0.25) is 9.89 Å². The number of anilines is 1. The molecule has 1 aromatic carbocycles. The third-order valence-corrected chi connectivity index (χ3v) is 2.85. The van der Waals surface area contributed by atoms with Gasteiger partial charge in [0.25, 0.3) is 0 Å². The third-order valence-electron chi connectivity index (χ3n) is 2.85. The van der Waals surface area contributed by atoms with Crippen LogP contribution < -0.4 is 10.1 Å². The lowest BCUT2D eigenvalue weighted by molar-refractivity contribution is -0.116. The predicted octanol–water partition coefficient (Wildman–Crippen LogP) is 2.43. The summed E-state index contributed by atoms with van der Waals surface area (Å²) >= 11 is 0. The first-order valence-electron chi connectivity index (χ1n) is 6.14. The number of ether oxygens (including phenoxy) is 1. The Bertz CT molecular complexity index is 550. The molecule has 0 aliphatic carbocycles. The number of hydrogen-bond donors (Lipinski definition) is 2. The Balaban J connectivity index is 1.76. The third kappa shape index (κ3) is 3.84. The molecule has 5 nitrogen and oxygen atoms in total. The van der Waals surface area contributed by atoms with E-state index < -0.39 is 0 Å².